The largest absolute Gasteiger partial charge is 0.507 e. The Kier molecular flexibility index (Phi) is 4.44. The smallest absolute Gasteiger partial charge is 0.165 e. The van der Waals surface area contributed by atoms with Crippen LogP contribution in [0.3, 0.4) is 0 Å². The van der Waals surface area contributed by atoms with Crippen molar-refractivity contribution in [1.82, 2.24) is 15.3 Å². The topological polar surface area (TPSA) is 90.3 Å². The Labute approximate surface area is 151 Å². The van der Waals surface area contributed by atoms with Crippen LogP contribution in [0.5, 0.6) is 5.75 Å². The molecule has 2 heterocycles. The van der Waals surface area contributed by atoms with E-state index in [1.165, 1.54) is 0 Å². The molecule has 1 saturated heterocycles. The summed E-state index contributed by atoms with van der Waals surface area (Å²) in [5.74, 6) is 1.50. The van der Waals surface area contributed by atoms with Gasteiger partial charge in [0.05, 0.1) is 11.1 Å². The van der Waals surface area contributed by atoms with Gasteiger partial charge in [0.1, 0.15) is 11.6 Å². The molecule has 2 aromatic carbocycles. The van der Waals surface area contributed by atoms with E-state index < -0.39 is 0 Å². The maximum absolute atomic E-state index is 10.3. The van der Waals surface area contributed by atoms with Crippen LogP contribution >= 0.6 is 0 Å². The first kappa shape index (κ1) is 16.8. The SMILES string of the molecule is Cc1ccc(O)c(-c2nc(NC3CNC[C@H]3CO)c3ccccc3n2)c1. The standard InChI is InChI=1S/C20H22N4O2/c1-12-6-7-18(26)15(8-12)20-22-16-5-3-2-4-14(16)19(24-20)23-17-10-21-9-13(17)11-25/h2-8,13,17,21,25-26H,9-11H2,1H3,(H,22,23,24)/t13-,17?/m0/s1. The fourth-order valence-corrected chi connectivity index (χ4v) is 3.41. The van der Waals surface area contributed by atoms with Crippen molar-refractivity contribution < 1.29 is 10.2 Å². The Morgan fingerprint density at radius 1 is 1.15 bits per heavy atom. The lowest BCUT2D eigenvalue weighted by Gasteiger charge is -2.20. The van der Waals surface area contributed by atoms with Crippen molar-refractivity contribution in [3.05, 3.63) is 48.0 Å². The number of anilines is 1. The van der Waals surface area contributed by atoms with Crippen molar-refractivity contribution in [2.45, 2.75) is 13.0 Å². The second kappa shape index (κ2) is 6.90. The molecule has 1 aliphatic rings. The van der Waals surface area contributed by atoms with E-state index in [0.29, 0.717) is 11.4 Å². The highest BCUT2D eigenvalue weighted by Gasteiger charge is 2.27. The van der Waals surface area contributed by atoms with Crippen LogP contribution in [0.2, 0.25) is 0 Å². The van der Waals surface area contributed by atoms with Crippen LogP contribution in [0, 0.1) is 12.8 Å². The van der Waals surface area contributed by atoms with E-state index in [4.69, 9.17) is 4.98 Å². The van der Waals surface area contributed by atoms with Crippen LogP contribution in [0.25, 0.3) is 22.3 Å². The molecule has 1 aliphatic heterocycles. The summed E-state index contributed by atoms with van der Waals surface area (Å²) in [5, 5.41) is 27.5. The number of hydrogen-bond acceptors (Lipinski definition) is 6. The van der Waals surface area contributed by atoms with Gasteiger partial charge in [-0.3, -0.25) is 0 Å². The lowest BCUT2D eigenvalue weighted by Crippen LogP contribution is -2.30. The molecule has 26 heavy (non-hydrogen) atoms. The number of aliphatic hydroxyl groups excluding tert-OH is 1. The summed E-state index contributed by atoms with van der Waals surface area (Å²) < 4.78 is 0. The number of aliphatic hydroxyl groups is 1. The van der Waals surface area contributed by atoms with E-state index in [1.54, 1.807) is 6.07 Å². The average Bonchev–Trinajstić information content (AvgIpc) is 3.11. The summed E-state index contributed by atoms with van der Waals surface area (Å²) in [7, 11) is 0. The molecule has 134 valence electrons. The molecule has 1 aromatic heterocycles. The van der Waals surface area contributed by atoms with Crippen LogP contribution in [-0.2, 0) is 0 Å². The number of para-hydroxylation sites is 1. The van der Waals surface area contributed by atoms with Gasteiger partial charge in [0.25, 0.3) is 0 Å². The Balaban J connectivity index is 1.82. The van der Waals surface area contributed by atoms with Crippen molar-refractivity contribution >= 4 is 16.7 Å². The fourth-order valence-electron chi connectivity index (χ4n) is 3.41. The lowest BCUT2D eigenvalue weighted by molar-refractivity contribution is 0.231. The average molecular weight is 350 g/mol. The third-order valence-corrected chi connectivity index (χ3v) is 4.89. The number of aromatic hydroxyl groups is 1. The molecule has 6 nitrogen and oxygen atoms in total. The summed E-state index contributed by atoms with van der Waals surface area (Å²) in [6, 6.07) is 13.3. The van der Waals surface area contributed by atoms with E-state index in [1.807, 2.05) is 43.3 Å². The van der Waals surface area contributed by atoms with Gasteiger partial charge < -0.3 is 20.8 Å². The number of rotatable bonds is 4. The summed E-state index contributed by atoms with van der Waals surface area (Å²) in [4.78, 5) is 9.36. The van der Waals surface area contributed by atoms with E-state index in [0.717, 1.165) is 35.4 Å². The zero-order valence-electron chi connectivity index (χ0n) is 14.6. The number of phenols is 1. The monoisotopic (exact) mass is 350 g/mol. The molecular formula is C20H22N4O2. The summed E-state index contributed by atoms with van der Waals surface area (Å²) in [6.45, 7) is 3.65. The molecule has 1 unspecified atom stereocenters. The Hall–Kier alpha value is -2.70. The van der Waals surface area contributed by atoms with E-state index >= 15 is 0 Å². The van der Waals surface area contributed by atoms with Gasteiger partial charge in [0, 0.05) is 37.0 Å². The molecule has 0 aliphatic carbocycles. The summed E-state index contributed by atoms with van der Waals surface area (Å²) in [6.07, 6.45) is 0. The van der Waals surface area contributed by atoms with Crippen LogP contribution in [0.15, 0.2) is 42.5 Å². The van der Waals surface area contributed by atoms with Crippen LogP contribution in [0.4, 0.5) is 5.82 Å². The number of hydrogen-bond donors (Lipinski definition) is 4. The van der Waals surface area contributed by atoms with Gasteiger partial charge in [-0.15, -0.1) is 0 Å². The number of benzene rings is 2. The first-order valence-corrected chi connectivity index (χ1v) is 8.80. The molecule has 0 saturated carbocycles. The number of aryl methyl sites for hydroxylation is 1. The van der Waals surface area contributed by atoms with Gasteiger partial charge in [-0.1, -0.05) is 23.8 Å². The third-order valence-electron chi connectivity index (χ3n) is 4.89. The van der Waals surface area contributed by atoms with Gasteiger partial charge in [0.2, 0.25) is 0 Å². The predicted octanol–water partition coefficient (Wildman–Crippen LogP) is 2.30. The van der Waals surface area contributed by atoms with Crippen molar-refractivity contribution in [3.8, 4) is 17.1 Å². The summed E-state index contributed by atoms with van der Waals surface area (Å²) in [5.41, 5.74) is 2.46. The highest BCUT2D eigenvalue weighted by Crippen LogP contribution is 2.31. The van der Waals surface area contributed by atoms with Crippen molar-refractivity contribution in [2.75, 3.05) is 25.0 Å². The van der Waals surface area contributed by atoms with E-state index in [2.05, 4.69) is 15.6 Å². The van der Waals surface area contributed by atoms with Crippen LogP contribution < -0.4 is 10.6 Å². The molecule has 4 rings (SSSR count). The Bertz CT molecular complexity index is 944. The lowest BCUT2D eigenvalue weighted by atomic mass is 10.0. The van der Waals surface area contributed by atoms with E-state index in [9.17, 15) is 10.2 Å². The van der Waals surface area contributed by atoms with Crippen molar-refractivity contribution in [2.24, 2.45) is 5.92 Å². The van der Waals surface area contributed by atoms with Gasteiger partial charge in [-0.2, -0.15) is 0 Å². The van der Waals surface area contributed by atoms with Gasteiger partial charge in [0.15, 0.2) is 5.82 Å². The summed E-state index contributed by atoms with van der Waals surface area (Å²) >= 11 is 0. The second-order valence-corrected chi connectivity index (χ2v) is 6.79. The highest BCUT2D eigenvalue weighted by atomic mass is 16.3. The normalized spacial score (nSPS) is 19.8. The molecule has 1 fully saturated rings. The number of fused-ring (bicyclic) bond motifs is 1. The second-order valence-electron chi connectivity index (χ2n) is 6.79. The first-order valence-electron chi connectivity index (χ1n) is 8.80. The van der Waals surface area contributed by atoms with Crippen LogP contribution in [0.1, 0.15) is 5.56 Å². The Morgan fingerprint density at radius 3 is 2.85 bits per heavy atom. The van der Waals surface area contributed by atoms with Crippen LogP contribution in [-0.4, -0.2) is 45.9 Å². The molecular weight excluding hydrogens is 328 g/mol. The first-order chi connectivity index (χ1) is 12.7. The quantitative estimate of drug-likeness (QED) is 0.577. The van der Waals surface area contributed by atoms with Gasteiger partial charge in [-0.25, -0.2) is 9.97 Å². The Morgan fingerprint density at radius 2 is 2.00 bits per heavy atom. The zero-order chi connectivity index (χ0) is 18.1. The molecule has 6 heteroatoms. The molecule has 2 atom stereocenters. The zero-order valence-corrected chi connectivity index (χ0v) is 14.6. The minimum absolute atomic E-state index is 0.0947. The van der Waals surface area contributed by atoms with Crippen molar-refractivity contribution in [3.63, 3.8) is 0 Å². The minimum Gasteiger partial charge on any atom is -0.507 e. The molecule has 3 aromatic rings. The molecule has 0 bridgehead atoms. The minimum atomic E-state index is 0.0947. The van der Waals surface area contributed by atoms with E-state index in [-0.39, 0.29) is 24.3 Å². The molecule has 0 radical (unpaired) electrons. The van der Waals surface area contributed by atoms with Gasteiger partial charge in [-0.05, 0) is 31.2 Å². The maximum Gasteiger partial charge on any atom is 0.165 e. The predicted molar refractivity (Wildman–Crippen MR) is 102 cm³/mol. The number of nitrogens with one attached hydrogen (secondary N) is 2. The highest BCUT2D eigenvalue weighted by molar-refractivity contribution is 5.91. The molecule has 4 N–H and O–H groups in total. The van der Waals surface area contributed by atoms with Crippen molar-refractivity contribution in [1.29, 1.82) is 0 Å². The number of aromatic nitrogens is 2. The molecule has 0 amide bonds. The fraction of sp³-hybridized carbons (Fsp3) is 0.300. The third kappa shape index (κ3) is 3.09. The number of nitrogens with zero attached hydrogens (tertiary/aromatic N) is 2. The molecule has 0 spiro atoms. The number of phenolic OH excluding ortho intramolecular Hbond substituents is 1. The maximum atomic E-state index is 10.3. The van der Waals surface area contributed by atoms with Gasteiger partial charge >= 0.3 is 0 Å².